The molecule has 0 rings (SSSR count). The Morgan fingerprint density at radius 3 is 2.44 bits per heavy atom. The quantitative estimate of drug-likeness (QED) is 0.832. The molecule has 0 aromatic heterocycles. The summed E-state index contributed by atoms with van der Waals surface area (Å²) >= 11 is 5.58. The highest BCUT2D eigenvalue weighted by molar-refractivity contribution is 6.25. The summed E-state index contributed by atoms with van der Waals surface area (Å²) in [6.45, 7) is 5.81. The maximum atomic E-state index is 11.6. The van der Waals surface area contributed by atoms with Crippen LogP contribution in [-0.2, 0) is 4.74 Å². The first-order valence-electron chi connectivity index (χ1n) is 5.13. The van der Waals surface area contributed by atoms with Gasteiger partial charge in [0.15, 0.2) is 0 Å². The highest BCUT2D eigenvalue weighted by Crippen LogP contribution is 2.11. The van der Waals surface area contributed by atoms with E-state index in [2.05, 4.69) is 0 Å². The van der Waals surface area contributed by atoms with E-state index in [0.29, 0.717) is 13.0 Å². The molecule has 0 saturated heterocycles. The van der Waals surface area contributed by atoms with Crippen LogP contribution in [0.3, 0.4) is 0 Å². The molecule has 1 N–H and O–H groups in total. The number of hydrogen-bond acceptors (Lipinski definition) is 3. The van der Waals surface area contributed by atoms with Crippen molar-refractivity contribution in [1.29, 1.82) is 0 Å². The number of aliphatic hydroxyl groups excluding tert-OH is 1. The highest BCUT2D eigenvalue weighted by atomic mass is 35.5. The molecule has 0 radical (unpaired) electrons. The maximum absolute atomic E-state index is 11.6. The number of aliphatic hydroxyl groups is 1. The number of ether oxygens (including phenoxy) is 1. The lowest BCUT2D eigenvalue weighted by molar-refractivity contribution is 0.0311. The molecule has 0 aromatic rings. The first-order valence-corrected chi connectivity index (χ1v) is 5.57. The van der Waals surface area contributed by atoms with Gasteiger partial charge in [-0.1, -0.05) is 11.6 Å². The molecule has 0 aromatic carbocycles. The van der Waals surface area contributed by atoms with Crippen molar-refractivity contribution in [3.05, 3.63) is 11.1 Å². The normalized spacial score (nSPS) is 12.5. The minimum atomic E-state index is -0.507. The van der Waals surface area contributed by atoms with Gasteiger partial charge in [0.1, 0.15) is 5.60 Å². The lowest BCUT2D eigenvalue weighted by atomic mass is 10.2. The van der Waals surface area contributed by atoms with Crippen LogP contribution >= 0.6 is 11.6 Å². The Bertz CT molecular complexity index is 258. The molecule has 0 unspecified atom stereocenters. The van der Waals surface area contributed by atoms with Gasteiger partial charge >= 0.3 is 6.09 Å². The van der Waals surface area contributed by atoms with Crippen molar-refractivity contribution in [1.82, 2.24) is 4.90 Å². The topological polar surface area (TPSA) is 49.8 Å². The third-order valence-electron chi connectivity index (χ3n) is 1.73. The fourth-order valence-corrected chi connectivity index (χ4v) is 1.20. The Labute approximate surface area is 102 Å². The molecule has 0 fully saturated rings. The standard InChI is InChI=1S/C11H20ClNO3/c1-11(2,3)16-10(15)13(4)8-9(7-12)5-6-14/h7,14H,5-6,8H2,1-4H3/b9-7-. The van der Waals surface area contributed by atoms with Crippen molar-refractivity contribution in [2.24, 2.45) is 0 Å². The molecular formula is C11H20ClNO3. The second-order valence-corrected chi connectivity index (χ2v) is 4.80. The van der Waals surface area contributed by atoms with E-state index < -0.39 is 11.7 Å². The van der Waals surface area contributed by atoms with E-state index in [1.807, 2.05) is 20.8 Å². The minimum Gasteiger partial charge on any atom is -0.444 e. The van der Waals surface area contributed by atoms with Gasteiger partial charge in [-0.15, -0.1) is 0 Å². The summed E-state index contributed by atoms with van der Waals surface area (Å²) in [5, 5.41) is 8.77. The average Bonchev–Trinajstić information content (AvgIpc) is 2.14. The number of carbonyl (C=O) groups is 1. The molecule has 0 aliphatic carbocycles. The monoisotopic (exact) mass is 249 g/mol. The van der Waals surface area contributed by atoms with Gasteiger partial charge in [-0.05, 0) is 32.8 Å². The van der Waals surface area contributed by atoms with Crippen LogP contribution in [0.2, 0.25) is 0 Å². The second kappa shape index (κ2) is 6.76. The summed E-state index contributed by atoms with van der Waals surface area (Å²) in [5.41, 5.74) is 1.67. The Kier molecular flexibility index (Phi) is 6.45. The molecule has 0 heterocycles. The second-order valence-electron chi connectivity index (χ2n) is 4.58. The number of nitrogens with zero attached hydrogens (tertiary/aromatic N) is 1. The summed E-state index contributed by atoms with van der Waals surface area (Å²) in [6, 6.07) is 0. The molecule has 0 bridgehead atoms. The molecule has 0 saturated carbocycles. The Balaban J connectivity index is 4.24. The Hall–Kier alpha value is -0.740. The zero-order valence-corrected chi connectivity index (χ0v) is 11.0. The third kappa shape index (κ3) is 6.69. The molecule has 5 heteroatoms. The average molecular weight is 250 g/mol. The van der Waals surface area contributed by atoms with E-state index in [1.165, 1.54) is 10.4 Å². The van der Waals surface area contributed by atoms with E-state index in [-0.39, 0.29) is 6.61 Å². The van der Waals surface area contributed by atoms with Gasteiger partial charge in [-0.2, -0.15) is 0 Å². The van der Waals surface area contributed by atoms with Gasteiger partial charge in [0, 0.05) is 25.7 Å². The summed E-state index contributed by atoms with van der Waals surface area (Å²) in [4.78, 5) is 13.0. The van der Waals surface area contributed by atoms with Crippen LogP contribution in [0, 0.1) is 0 Å². The molecule has 0 aliphatic heterocycles. The molecule has 16 heavy (non-hydrogen) atoms. The zero-order valence-electron chi connectivity index (χ0n) is 10.3. The van der Waals surface area contributed by atoms with Crippen molar-refractivity contribution >= 4 is 17.7 Å². The van der Waals surface area contributed by atoms with Crippen LogP contribution in [0.4, 0.5) is 4.79 Å². The van der Waals surface area contributed by atoms with Crippen LogP contribution in [0.1, 0.15) is 27.2 Å². The first kappa shape index (κ1) is 15.3. The Morgan fingerprint density at radius 2 is 2.06 bits per heavy atom. The molecule has 0 atom stereocenters. The lowest BCUT2D eigenvalue weighted by Gasteiger charge is -2.25. The van der Waals surface area contributed by atoms with Gasteiger partial charge < -0.3 is 14.7 Å². The van der Waals surface area contributed by atoms with Crippen LogP contribution in [0.25, 0.3) is 0 Å². The van der Waals surface area contributed by atoms with Crippen molar-refractivity contribution in [2.75, 3.05) is 20.2 Å². The number of amides is 1. The molecule has 1 amide bonds. The van der Waals surface area contributed by atoms with Crippen LogP contribution in [0.15, 0.2) is 11.1 Å². The number of rotatable bonds is 4. The number of halogens is 1. The number of likely N-dealkylation sites (N-methyl/N-ethyl adjacent to an activating group) is 1. The van der Waals surface area contributed by atoms with E-state index in [4.69, 9.17) is 21.4 Å². The summed E-state index contributed by atoms with van der Waals surface area (Å²) in [7, 11) is 1.63. The van der Waals surface area contributed by atoms with Crippen molar-refractivity contribution in [3.63, 3.8) is 0 Å². The predicted octanol–water partition coefficient (Wildman–Crippen LogP) is 2.36. The van der Waals surface area contributed by atoms with E-state index in [0.717, 1.165) is 5.57 Å². The lowest BCUT2D eigenvalue weighted by Crippen LogP contribution is -2.35. The predicted molar refractivity (Wildman–Crippen MR) is 64.5 cm³/mol. The van der Waals surface area contributed by atoms with E-state index in [1.54, 1.807) is 7.05 Å². The molecular weight excluding hydrogens is 230 g/mol. The summed E-state index contributed by atoms with van der Waals surface area (Å²) in [6.07, 6.45) is 0.0536. The van der Waals surface area contributed by atoms with E-state index >= 15 is 0 Å². The van der Waals surface area contributed by atoms with Gasteiger partial charge in [0.25, 0.3) is 0 Å². The molecule has 94 valence electrons. The fourth-order valence-electron chi connectivity index (χ4n) is 1.02. The third-order valence-corrected chi connectivity index (χ3v) is 2.04. The number of carbonyl (C=O) groups excluding carboxylic acids is 1. The van der Waals surface area contributed by atoms with Crippen LogP contribution in [0.5, 0.6) is 0 Å². The first-order chi connectivity index (χ1) is 7.30. The SMILES string of the molecule is CN(C/C(=C\Cl)CCO)C(=O)OC(C)(C)C. The summed E-state index contributed by atoms with van der Waals surface area (Å²) < 4.78 is 5.18. The van der Waals surface area contributed by atoms with Gasteiger partial charge in [-0.3, -0.25) is 0 Å². The van der Waals surface area contributed by atoms with Crippen LogP contribution < -0.4 is 0 Å². The zero-order chi connectivity index (χ0) is 12.8. The largest absolute Gasteiger partial charge is 0.444 e. The minimum absolute atomic E-state index is 0.0146. The van der Waals surface area contributed by atoms with Crippen molar-refractivity contribution in [2.45, 2.75) is 32.8 Å². The maximum Gasteiger partial charge on any atom is 0.410 e. The molecule has 4 nitrogen and oxygen atoms in total. The van der Waals surface area contributed by atoms with Crippen LogP contribution in [-0.4, -0.2) is 41.9 Å². The van der Waals surface area contributed by atoms with Gasteiger partial charge in [0.05, 0.1) is 0 Å². The number of hydrogen-bond donors (Lipinski definition) is 1. The molecule has 0 aliphatic rings. The van der Waals surface area contributed by atoms with Gasteiger partial charge in [0.2, 0.25) is 0 Å². The molecule has 0 spiro atoms. The van der Waals surface area contributed by atoms with Gasteiger partial charge in [-0.25, -0.2) is 4.79 Å². The summed E-state index contributed by atoms with van der Waals surface area (Å²) in [5.74, 6) is 0. The van der Waals surface area contributed by atoms with Crippen molar-refractivity contribution in [3.8, 4) is 0 Å². The Morgan fingerprint density at radius 1 is 1.50 bits per heavy atom. The fraction of sp³-hybridized carbons (Fsp3) is 0.727. The van der Waals surface area contributed by atoms with Crippen molar-refractivity contribution < 1.29 is 14.6 Å². The van der Waals surface area contributed by atoms with E-state index in [9.17, 15) is 4.79 Å². The smallest absolute Gasteiger partial charge is 0.410 e. The highest BCUT2D eigenvalue weighted by Gasteiger charge is 2.19.